The van der Waals surface area contributed by atoms with Crippen LogP contribution in [0, 0.1) is 13.8 Å². The number of aromatic nitrogens is 1. The van der Waals surface area contributed by atoms with Gasteiger partial charge in [0.25, 0.3) is 0 Å². The molecule has 0 fully saturated rings. The number of carbonyl (C=O) groups excluding carboxylic acids is 2. The lowest BCUT2D eigenvalue weighted by atomic mass is 10.1. The van der Waals surface area contributed by atoms with E-state index in [9.17, 15) is 9.59 Å². The molecule has 1 N–H and O–H groups in total. The number of esters is 1. The number of nitrogens with one attached hydrogen (secondary N) is 1. The smallest absolute Gasteiger partial charge is 0.354 e. The number of anilines is 1. The van der Waals surface area contributed by atoms with Crippen molar-refractivity contribution in [1.82, 2.24) is 4.57 Å². The van der Waals surface area contributed by atoms with Crippen LogP contribution in [0.2, 0.25) is 0 Å². The van der Waals surface area contributed by atoms with Crippen LogP contribution in [-0.4, -0.2) is 23.6 Å². The summed E-state index contributed by atoms with van der Waals surface area (Å²) in [6, 6.07) is 9.58. The van der Waals surface area contributed by atoms with E-state index in [4.69, 9.17) is 4.74 Å². The van der Waals surface area contributed by atoms with E-state index in [-0.39, 0.29) is 12.5 Å². The lowest BCUT2D eigenvalue weighted by Gasteiger charge is -2.12. The quantitative estimate of drug-likeness (QED) is 0.735. The Bertz CT molecular complexity index is 924. The molecule has 3 aromatic rings. The zero-order valence-electron chi connectivity index (χ0n) is 13.8. The Labute approximate surface area is 143 Å². The molecule has 3 rings (SSSR count). The molecule has 5 nitrogen and oxygen atoms in total. The highest BCUT2D eigenvalue weighted by Crippen LogP contribution is 2.26. The maximum atomic E-state index is 12.5. The van der Waals surface area contributed by atoms with Gasteiger partial charge in [0.2, 0.25) is 5.91 Å². The van der Waals surface area contributed by atoms with Crippen LogP contribution in [0.25, 0.3) is 10.2 Å². The number of methoxy groups -OCH3 is 1. The summed E-state index contributed by atoms with van der Waals surface area (Å²) >= 11 is 1.49. The van der Waals surface area contributed by atoms with Gasteiger partial charge < -0.3 is 14.6 Å². The second-order valence-electron chi connectivity index (χ2n) is 5.65. The third-order valence-electron chi connectivity index (χ3n) is 3.87. The number of benzene rings is 1. The van der Waals surface area contributed by atoms with Crippen LogP contribution in [0.4, 0.5) is 5.69 Å². The molecule has 0 atom stereocenters. The number of nitrogens with zero attached hydrogens (tertiary/aromatic N) is 1. The maximum absolute atomic E-state index is 12.5. The first-order chi connectivity index (χ1) is 11.5. The van der Waals surface area contributed by atoms with E-state index in [0.29, 0.717) is 5.69 Å². The predicted molar refractivity (Wildman–Crippen MR) is 95.7 cm³/mol. The highest BCUT2D eigenvalue weighted by molar-refractivity contribution is 7.16. The average molecular weight is 342 g/mol. The number of fused-ring (bicyclic) bond motifs is 1. The molecule has 0 bridgehead atoms. The Kier molecular flexibility index (Phi) is 4.40. The van der Waals surface area contributed by atoms with Gasteiger partial charge in [0.05, 0.1) is 7.11 Å². The summed E-state index contributed by atoms with van der Waals surface area (Å²) in [5.74, 6) is -0.627. The Morgan fingerprint density at radius 2 is 2.00 bits per heavy atom. The molecule has 0 unspecified atom stereocenters. The van der Waals surface area contributed by atoms with Gasteiger partial charge in [-0.25, -0.2) is 4.79 Å². The van der Waals surface area contributed by atoms with Crippen molar-refractivity contribution >= 4 is 39.1 Å². The molecule has 0 aliphatic heterocycles. The highest BCUT2D eigenvalue weighted by atomic mass is 32.1. The van der Waals surface area contributed by atoms with Crippen LogP contribution in [0.15, 0.2) is 35.7 Å². The SMILES string of the molecule is COC(=O)c1cc2ccsc2n1CC(=O)Nc1cc(C)ccc1C. The van der Waals surface area contributed by atoms with Crippen LogP contribution in [0.5, 0.6) is 0 Å². The summed E-state index contributed by atoms with van der Waals surface area (Å²) in [7, 11) is 1.34. The Hall–Kier alpha value is -2.60. The van der Waals surface area contributed by atoms with Gasteiger partial charge in [0, 0.05) is 11.1 Å². The van der Waals surface area contributed by atoms with E-state index in [0.717, 1.165) is 27.0 Å². The third kappa shape index (κ3) is 3.05. The fourth-order valence-corrected chi connectivity index (χ4v) is 3.51. The normalized spacial score (nSPS) is 10.8. The summed E-state index contributed by atoms with van der Waals surface area (Å²) in [6.07, 6.45) is 0. The number of amides is 1. The first kappa shape index (κ1) is 16.3. The summed E-state index contributed by atoms with van der Waals surface area (Å²) < 4.78 is 6.52. The average Bonchev–Trinajstić information content (AvgIpc) is 3.13. The van der Waals surface area contributed by atoms with Crippen LogP contribution in [0.3, 0.4) is 0 Å². The van der Waals surface area contributed by atoms with Crippen molar-refractivity contribution in [3.05, 3.63) is 52.5 Å². The summed E-state index contributed by atoms with van der Waals surface area (Å²) in [4.78, 5) is 25.3. The lowest BCUT2D eigenvalue weighted by Crippen LogP contribution is -2.22. The molecule has 124 valence electrons. The van der Waals surface area contributed by atoms with Gasteiger partial charge in [-0.15, -0.1) is 11.3 Å². The molecule has 1 aromatic carbocycles. The minimum Gasteiger partial charge on any atom is -0.464 e. The molecule has 0 aliphatic carbocycles. The number of aryl methyl sites for hydroxylation is 2. The van der Waals surface area contributed by atoms with E-state index in [1.165, 1.54) is 18.4 Å². The Balaban J connectivity index is 1.88. The molecule has 6 heteroatoms. The van der Waals surface area contributed by atoms with E-state index < -0.39 is 5.97 Å². The first-order valence-electron chi connectivity index (χ1n) is 7.51. The van der Waals surface area contributed by atoms with Gasteiger partial charge in [0.15, 0.2) is 0 Å². The number of thiophene rings is 1. The number of hydrogen-bond donors (Lipinski definition) is 1. The minimum absolute atomic E-state index is 0.0574. The number of carbonyl (C=O) groups is 2. The van der Waals surface area contributed by atoms with Gasteiger partial charge in [-0.05, 0) is 48.6 Å². The van der Waals surface area contributed by atoms with Crippen molar-refractivity contribution in [2.45, 2.75) is 20.4 Å². The molecule has 0 saturated heterocycles. The molecule has 2 heterocycles. The highest BCUT2D eigenvalue weighted by Gasteiger charge is 2.19. The second-order valence-corrected chi connectivity index (χ2v) is 6.55. The second kappa shape index (κ2) is 6.49. The largest absolute Gasteiger partial charge is 0.464 e. The van der Waals surface area contributed by atoms with Crippen molar-refractivity contribution in [2.75, 3.05) is 12.4 Å². The van der Waals surface area contributed by atoms with Crippen molar-refractivity contribution in [3.63, 3.8) is 0 Å². The van der Waals surface area contributed by atoms with Crippen LogP contribution in [0.1, 0.15) is 21.6 Å². The Morgan fingerprint density at radius 1 is 1.21 bits per heavy atom. The third-order valence-corrected chi connectivity index (χ3v) is 4.82. The van der Waals surface area contributed by atoms with Crippen molar-refractivity contribution in [1.29, 1.82) is 0 Å². The lowest BCUT2D eigenvalue weighted by molar-refractivity contribution is -0.116. The van der Waals surface area contributed by atoms with Gasteiger partial charge in [-0.3, -0.25) is 4.79 Å². The minimum atomic E-state index is -0.446. The molecule has 2 aromatic heterocycles. The van der Waals surface area contributed by atoms with Crippen molar-refractivity contribution in [2.24, 2.45) is 0 Å². The van der Waals surface area contributed by atoms with Gasteiger partial charge in [-0.2, -0.15) is 0 Å². The molecule has 24 heavy (non-hydrogen) atoms. The topological polar surface area (TPSA) is 60.3 Å². The van der Waals surface area contributed by atoms with Gasteiger partial charge in [0.1, 0.15) is 17.1 Å². The van der Waals surface area contributed by atoms with Crippen LogP contribution in [-0.2, 0) is 16.1 Å². The number of ether oxygens (including phenoxy) is 1. The fourth-order valence-electron chi connectivity index (χ4n) is 2.61. The Morgan fingerprint density at radius 3 is 2.75 bits per heavy atom. The molecule has 0 radical (unpaired) electrons. The predicted octanol–water partition coefficient (Wildman–Crippen LogP) is 3.74. The zero-order chi connectivity index (χ0) is 17.3. The standard InChI is InChI=1S/C18H18N2O3S/c1-11-4-5-12(2)14(8-11)19-16(21)10-20-15(18(22)23-3)9-13-6-7-24-17(13)20/h4-9H,10H2,1-3H3,(H,19,21). The molecule has 0 spiro atoms. The monoisotopic (exact) mass is 342 g/mol. The number of rotatable bonds is 4. The van der Waals surface area contributed by atoms with Gasteiger partial charge >= 0.3 is 5.97 Å². The molecule has 1 amide bonds. The fraction of sp³-hybridized carbons (Fsp3) is 0.222. The van der Waals surface area contributed by atoms with Gasteiger partial charge in [-0.1, -0.05) is 12.1 Å². The summed E-state index contributed by atoms with van der Waals surface area (Å²) in [6.45, 7) is 3.98. The molecular weight excluding hydrogens is 324 g/mol. The first-order valence-corrected chi connectivity index (χ1v) is 8.39. The molecule has 0 aliphatic rings. The van der Waals surface area contributed by atoms with Crippen molar-refractivity contribution in [3.8, 4) is 0 Å². The molecular formula is C18H18N2O3S. The van der Waals surface area contributed by atoms with Crippen molar-refractivity contribution < 1.29 is 14.3 Å². The summed E-state index contributed by atoms with van der Waals surface area (Å²) in [5.41, 5.74) is 3.24. The zero-order valence-corrected chi connectivity index (χ0v) is 14.6. The van der Waals surface area contributed by atoms with E-state index >= 15 is 0 Å². The van der Waals surface area contributed by atoms with Crippen LogP contribution >= 0.6 is 11.3 Å². The molecule has 0 saturated carbocycles. The maximum Gasteiger partial charge on any atom is 0.354 e. The van der Waals surface area contributed by atoms with Crippen LogP contribution < -0.4 is 5.32 Å². The number of hydrogen-bond acceptors (Lipinski definition) is 4. The van der Waals surface area contributed by atoms with E-state index in [1.54, 1.807) is 10.6 Å². The summed E-state index contributed by atoms with van der Waals surface area (Å²) in [5, 5.41) is 5.79. The van der Waals surface area contributed by atoms with E-state index in [1.807, 2.05) is 43.5 Å². The van der Waals surface area contributed by atoms with E-state index in [2.05, 4.69) is 5.32 Å².